The smallest absolute Gasteiger partial charge is 0.162 e. The summed E-state index contributed by atoms with van der Waals surface area (Å²) in [6.45, 7) is 11.7. The van der Waals surface area contributed by atoms with Crippen molar-refractivity contribution in [3.63, 3.8) is 0 Å². The summed E-state index contributed by atoms with van der Waals surface area (Å²) in [7, 11) is 1.73. The van der Waals surface area contributed by atoms with E-state index in [0.29, 0.717) is 5.92 Å². The van der Waals surface area contributed by atoms with Crippen LogP contribution in [0.15, 0.2) is 0 Å². The first-order chi connectivity index (χ1) is 9.87. The molecule has 1 heterocycles. The SMILES string of the molecule is CCCNc1nc(C(C)(CC)OC)nc(CC(C)C)c1I. The van der Waals surface area contributed by atoms with E-state index in [1.54, 1.807) is 7.11 Å². The predicted octanol–water partition coefficient (Wildman–Crippen LogP) is 4.37. The first-order valence-electron chi connectivity index (χ1n) is 7.73. The molecule has 4 nitrogen and oxygen atoms in total. The Morgan fingerprint density at radius 3 is 2.43 bits per heavy atom. The van der Waals surface area contributed by atoms with Gasteiger partial charge in [-0.05, 0) is 54.7 Å². The van der Waals surface area contributed by atoms with E-state index >= 15 is 0 Å². The molecule has 0 saturated carbocycles. The monoisotopic (exact) mass is 405 g/mol. The van der Waals surface area contributed by atoms with Crippen molar-refractivity contribution < 1.29 is 4.74 Å². The minimum absolute atomic E-state index is 0.432. The van der Waals surface area contributed by atoms with Gasteiger partial charge in [0.25, 0.3) is 0 Å². The molecule has 0 amide bonds. The van der Waals surface area contributed by atoms with Crippen molar-refractivity contribution in [1.82, 2.24) is 9.97 Å². The van der Waals surface area contributed by atoms with E-state index in [-0.39, 0.29) is 0 Å². The summed E-state index contributed by atoms with van der Waals surface area (Å²) in [5.74, 6) is 2.28. The second-order valence-corrected chi connectivity index (χ2v) is 7.05. The second kappa shape index (κ2) is 8.27. The lowest BCUT2D eigenvalue weighted by molar-refractivity contribution is -0.00909. The zero-order valence-corrected chi connectivity index (χ0v) is 16.2. The van der Waals surface area contributed by atoms with Crippen molar-refractivity contribution >= 4 is 28.4 Å². The first-order valence-corrected chi connectivity index (χ1v) is 8.81. The Hall–Kier alpha value is -0.430. The molecule has 0 aromatic carbocycles. The van der Waals surface area contributed by atoms with E-state index in [1.165, 1.54) is 0 Å². The first kappa shape index (κ1) is 18.6. The number of hydrogen-bond donors (Lipinski definition) is 1. The van der Waals surface area contributed by atoms with Crippen molar-refractivity contribution in [2.75, 3.05) is 19.0 Å². The molecule has 21 heavy (non-hydrogen) atoms. The van der Waals surface area contributed by atoms with Gasteiger partial charge in [-0.2, -0.15) is 0 Å². The van der Waals surface area contributed by atoms with Crippen molar-refractivity contribution in [1.29, 1.82) is 0 Å². The van der Waals surface area contributed by atoms with Gasteiger partial charge in [0.15, 0.2) is 5.82 Å². The Labute approximate surface area is 142 Å². The van der Waals surface area contributed by atoms with Gasteiger partial charge in [-0.1, -0.05) is 27.7 Å². The number of anilines is 1. The molecule has 1 N–H and O–H groups in total. The molecule has 0 aliphatic carbocycles. The summed E-state index contributed by atoms with van der Waals surface area (Å²) in [6.07, 6.45) is 2.88. The average molecular weight is 405 g/mol. The van der Waals surface area contributed by atoms with Gasteiger partial charge in [0.1, 0.15) is 11.4 Å². The molecule has 1 aromatic rings. The van der Waals surface area contributed by atoms with Crippen LogP contribution in [0.4, 0.5) is 5.82 Å². The van der Waals surface area contributed by atoms with E-state index in [9.17, 15) is 0 Å². The Balaban J connectivity index is 3.31. The summed E-state index contributed by atoms with van der Waals surface area (Å²) < 4.78 is 6.81. The fourth-order valence-electron chi connectivity index (χ4n) is 2.01. The Kier molecular flexibility index (Phi) is 7.33. The molecule has 1 aromatic heterocycles. The van der Waals surface area contributed by atoms with Crippen LogP contribution in [0.1, 0.15) is 59.0 Å². The van der Waals surface area contributed by atoms with Crippen LogP contribution in [0.25, 0.3) is 0 Å². The van der Waals surface area contributed by atoms with Crippen LogP contribution in [-0.4, -0.2) is 23.6 Å². The minimum Gasteiger partial charge on any atom is -0.371 e. The summed E-state index contributed by atoms with van der Waals surface area (Å²) in [5.41, 5.74) is 0.685. The van der Waals surface area contributed by atoms with Gasteiger partial charge in [0, 0.05) is 13.7 Å². The second-order valence-electron chi connectivity index (χ2n) is 5.97. The van der Waals surface area contributed by atoms with Gasteiger partial charge in [0.05, 0.1) is 9.26 Å². The highest BCUT2D eigenvalue weighted by molar-refractivity contribution is 14.1. The number of ether oxygens (including phenoxy) is 1. The molecular formula is C16H28IN3O. The Morgan fingerprint density at radius 1 is 1.29 bits per heavy atom. The lowest BCUT2D eigenvalue weighted by Crippen LogP contribution is -2.28. The van der Waals surface area contributed by atoms with E-state index in [2.05, 4.69) is 62.5 Å². The third-order valence-corrected chi connectivity index (χ3v) is 4.80. The predicted molar refractivity (Wildman–Crippen MR) is 96.7 cm³/mol. The quantitative estimate of drug-likeness (QED) is 0.653. The molecule has 1 rings (SSSR count). The molecule has 0 aliphatic heterocycles. The summed E-state index contributed by atoms with van der Waals surface area (Å²) >= 11 is 2.35. The lowest BCUT2D eigenvalue weighted by atomic mass is 10.0. The van der Waals surface area contributed by atoms with Crippen LogP contribution in [-0.2, 0) is 16.8 Å². The van der Waals surface area contributed by atoms with E-state index in [0.717, 1.165) is 46.7 Å². The van der Waals surface area contributed by atoms with Crippen LogP contribution in [0.5, 0.6) is 0 Å². The fourth-order valence-corrected chi connectivity index (χ4v) is 2.66. The molecule has 5 heteroatoms. The van der Waals surface area contributed by atoms with Crippen LogP contribution < -0.4 is 5.32 Å². The normalized spacial score (nSPS) is 14.3. The molecule has 0 spiro atoms. The van der Waals surface area contributed by atoms with Crippen LogP contribution in [0.2, 0.25) is 0 Å². The fraction of sp³-hybridized carbons (Fsp3) is 0.750. The largest absolute Gasteiger partial charge is 0.371 e. The Bertz CT molecular complexity index is 459. The van der Waals surface area contributed by atoms with E-state index in [4.69, 9.17) is 14.7 Å². The number of nitrogens with one attached hydrogen (secondary N) is 1. The number of nitrogens with zero attached hydrogens (tertiary/aromatic N) is 2. The standard InChI is InChI=1S/C16H28IN3O/c1-7-9-18-14-13(17)12(10-11(3)4)19-15(20-14)16(5,8-2)21-6/h11H,7-10H2,1-6H3,(H,18,19,20). The van der Waals surface area contributed by atoms with E-state index in [1.807, 2.05) is 0 Å². The lowest BCUT2D eigenvalue weighted by Gasteiger charge is -2.26. The number of aromatic nitrogens is 2. The van der Waals surface area contributed by atoms with E-state index < -0.39 is 5.60 Å². The highest BCUT2D eigenvalue weighted by atomic mass is 127. The molecule has 0 radical (unpaired) electrons. The molecule has 0 saturated heterocycles. The van der Waals surface area contributed by atoms with Gasteiger partial charge < -0.3 is 10.1 Å². The van der Waals surface area contributed by atoms with Gasteiger partial charge in [-0.3, -0.25) is 0 Å². The number of hydrogen-bond acceptors (Lipinski definition) is 4. The van der Waals surface area contributed by atoms with Crippen LogP contribution in [0.3, 0.4) is 0 Å². The maximum absolute atomic E-state index is 5.68. The number of halogens is 1. The molecule has 0 fully saturated rings. The molecule has 1 atom stereocenters. The third-order valence-electron chi connectivity index (χ3n) is 3.66. The highest BCUT2D eigenvalue weighted by Gasteiger charge is 2.29. The maximum Gasteiger partial charge on any atom is 0.162 e. The van der Waals surface area contributed by atoms with Gasteiger partial charge >= 0.3 is 0 Å². The number of rotatable bonds is 8. The highest BCUT2D eigenvalue weighted by Crippen LogP contribution is 2.29. The van der Waals surface area contributed by atoms with Crippen molar-refractivity contribution in [3.05, 3.63) is 15.1 Å². The topological polar surface area (TPSA) is 47.0 Å². The molecular weight excluding hydrogens is 377 g/mol. The van der Waals surface area contributed by atoms with Crippen molar-refractivity contribution in [3.8, 4) is 0 Å². The molecule has 120 valence electrons. The molecule has 1 unspecified atom stereocenters. The minimum atomic E-state index is -0.432. The average Bonchev–Trinajstić information content (AvgIpc) is 2.46. The van der Waals surface area contributed by atoms with Gasteiger partial charge in [-0.25, -0.2) is 9.97 Å². The van der Waals surface area contributed by atoms with Gasteiger partial charge in [-0.15, -0.1) is 0 Å². The van der Waals surface area contributed by atoms with Gasteiger partial charge in [0.2, 0.25) is 0 Å². The summed E-state index contributed by atoms with van der Waals surface area (Å²) in [6, 6.07) is 0. The summed E-state index contributed by atoms with van der Waals surface area (Å²) in [4.78, 5) is 9.55. The number of methoxy groups -OCH3 is 1. The van der Waals surface area contributed by atoms with Crippen LogP contribution in [0, 0.1) is 9.49 Å². The Morgan fingerprint density at radius 2 is 1.95 bits per heavy atom. The maximum atomic E-state index is 5.68. The summed E-state index contributed by atoms with van der Waals surface area (Å²) in [5, 5.41) is 3.42. The van der Waals surface area contributed by atoms with Crippen molar-refractivity contribution in [2.45, 2.75) is 59.5 Å². The zero-order valence-electron chi connectivity index (χ0n) is 14.1. The third kappa shape index (κ3) is 4.77. The molecule has 0 aliphatic rings. The molecule has 0 bridgehead atoms. The van der Waals surface area contributed by atoms with Crippen molar-refractivity contribution in [2.24, 2.45) is 5.92 Å². The zero-order chi connectivity index (χ0) is 16.0. The van der Waals surface area contributed by atoms with Crippen LogP contribution >= 0.6 is 22.6 Å².